The van der Waals surface area contributed by atoms with Crippen LogP contribution in [0.3, 0.4) is 0 Å². The highest BCUT2D eigenvalue weighted by Crippen LogP contribution is 2.18. The number of isocyanates is 1. The molecule has 90 valence electrons. The van der Waals surface area contributed by atoms with Crippen LogP contribution in [0.15, 0.2) is 0 Å². The van der Waals surface area contributed by atoms with E-state index in [0.717, 1.165) is 18.5 Å². The second kappa shape index (κ2) is 10.0. The van der Waals surface area contributed by atoms with Crippen LogP contribution in [0.2, 0.25) is 6.04 Å². The summed E-state index contributed by atoms with van der Waals surface area (Å²) in [5, 5.41) is 5.40. The molecule has 0 spiro atoms. The maximum Gasteiger partial charge on any atom is 0.500 e. The maximum absolute atomic E-state index is 8.35. The summed E-state index contributed by atoms with van der Waals surface area (Å²) in [5.74, 6) is 0.664. The Morgan fingerprint density at radius 3 is 1.73 bits per heavy atom. The molecule has 0 saturated heterocycles. The van der Waals surface area contributed by atoms with Crippen molar-refractivity contribution in [1.29, 1.82) is 5.41 Å². The van der Waals surface area contributed by atoms with Crippen LogP contribution >= 0.6 is 0 Å². The van der Waals surface area contributed by atoms with Gasteiger partial charge in [-0.1, -0.05) is 13.8 Å². The Labute approximate surface area is 92.6 Å². The monoisotopic (exact) mass is 235 g/mol. The summed E-state index contributed by atoms with van der Waals surface area (Å²) in [6.07, 6.45) is 1.84. The van der Waals surface area contributed by atoms with Gasteiger partial charge in [0.15, 0.2) is 0 Å². The van der Waals surface area contributed by atoms with Gasteiger partial charge in [-0.2, -0.15) is 0 Å². The van der Waals surface area contributed by atoms with Gasteiger partial charge in [0, 0.05) is 27.4 Å². The molecule has 0 aliphatic carbocycles. The first kappa shape index (κ1) is 16.9. The van der Waals surface area contributed by atoms with Gasteiger partial charge in [0.05, 0.1) is 0 Å². The van der Waals surface area contributed by atoms with Crippen molar-refractivity contribution >= 4 is 14.9 Å². The van der Waals surface area contributed by atoms with Crippen molar-refractivity contribution in [3.63, 3.8) is 0 Å². The van der Waals surface area contributed by atoms with Crippen LogP contribution in [-0.2, 0) is 18.1 Å². The minimum absolute atomic E-state index is 0.664. The first-order valence-corrected chi connectivity index (χ1v) is 6.64. The molecule has 1 N–H and O–H groups in total. The van der Waals surface area contributed by atoms with Crippen molar-refractivity contribution in [3.05, 3.63) is 0 Å². The van der Waals surface area contributed by atoms with E-state index in [9.17, 15) is 0 Å². The van der Waals surface area contributed by atoms with E-state index >= 15 is 0 Å². The summed E-state index contributed by atoms with van der Waals surface area (Å²) in [4.78, 5) is 8.35. The fraction of sp³-hybridized carbons (Fsp3) is 0.889. The van der Waals surface area contributed by atoms with Crippen LogP contribution in [0, 0.1) is 11.3 Å². The smallest absolute Gasteiger partial charge is 0.377 e. The van der Waals surface area contributed by atoms with Gasteiger partial charge in [-0.15, -0.1) is 0 Å². The van der Waals surface area contributed by atoms with Crippen molar-refractivity contribution < 1.29 is 18.1 Å². The van der Waals surface area contributed by atoms with Crippen molar-refractivity contribution in [1.82, 2.24) is 0 Å². The number of hydrogen-bond donors (Lipinski definition) is 1. The normalized spacial score (nSPS) is 10.5. The van der Waals surface area contributed by atoms with Crippen molar-refractivity contribution in [2.24, 2.45) is 5.92 Å². The molecule has 0 aliphatic heterocycles. The molecule has 0 atom stereocenters. The van der Waals surface area contributed by atoms with Crippen molar-refractivity contribution in [3.8, 4) is 0 Å². The highest BCUT2D eigenvalue weighted by molar-refractivity contribution is 6.60. The Hall–Kier alpha value is -0.523. The van der Waals surface area contributed by atoms with Gasteiger partial charge in [0.1, 0.15) is 0 Å². The molecule has 5 nitrogen and oxygen atoms in total. The lowest BCUT2D eigenvalue weighted by atomic mass is 10.2. The third-order valence-corrected chi connectivity index (χ3v) is 4.73. The second-order valence-electron chi connectivity index (χ2n) is 3.33. The molecular formula is C9H21NO4Si. The molecule has 0 aromatic carbocycles. The van der Waals surface area contributed by atoms with Crippen molar-refractivity contribution in [2.45, 2.75) is 26.3 Å². The number of carbonyl (C=O) groups excluding carboxylic acids is 1. The Balaban J connectivity index is 0. The fourth-order valence-corrected chi connectivity index (χ4v) is 3.06. The maximum atomic E-state index is 8.35. The summed E-state index contributed by atoms with van der Waals surface area (Å²) in [7, 11) is 2.68. The average Bonchev–Trinajstić information content (AvgIpc) is 2.22. The third-order valence-electron chi connectivity index (χ3n) is 1.96. The Kier molecular flexibility index (Phi) is 11.3. The summed E-state index contributed by atoms with van der Waals surface area (Å²) in [6.45, 7) is 4.36. The zero-order valence-electron chi connectivity index (χ0n) is 10.1. The van der Waals surface area contributed by atoms with Gasteiger partial charge < -0.3 is 13.3 Å². The molecule has 0 heterocycles. The SMILES string of the molecule is CO[Si](CCC(C)C)(OC)OC.N=C=O. The molecule has 0 aromatic heterocycles. The topological polar surface area (TPSA) is 68.6 Å². The summed E-state index contributed by atoms with van der Waals surface area (Å²) in [5.41, 5.74) is 0. The Morgan fingerprint density at radius 2 is 1.53 bits per heavy atom. The number of nitrogens with one attached hydrogen (secondary N) is 1. The molecule has 0 unspecified atom stereocenters. The summed E-state index contributed by atoms with van der Waals surface area (Å²) >= 11 is 0. The van der Waals surface area contributed by atoms with Crippen LogP contribution in [0.25, 0.3) is 0 Å². The Bertz CT molecular complexity index is 169. The lowest BCUT2D eigenvalue weighted by Crippen LogP contribution is -2.42. The van der Waals surface area contributed by atoms with Gasteiger partial charge in [0.2, 0.25) is 6.08 Å². The van der Waals surface area contributed by atoms with Gasteiger partial charge in [-0.25, -0.2) is 10.2 Å². The number of rotatable bonds is 6. The highest BCUT2D eigenvalue weighted by Gasteiger charge is 2.37. The molecule has 0 fully saturated rings. The zero-order valence-corrected chi connectivity index (χ0v) is 11.1. The van der Waals surface area contributed by atoms with Crippen LogP contribution in [0.5, 0.6) is 0 Å². The van der Waals surface area contributed by atoms with E-state index in [1.54, 1.807) is 21.3 Å². The van der Waals surface area contributed by atoms with E-state index in [1.165, 1.54) is 0 Å². The molecule has 0 bridgehead atoms. The lowest BCUT2D eigenvalue weighted by Gasteiger charge is -2.24. The zero-order chi connectivity index (χ0) is 12.3. The van der Waals surface area contributed by atoms with Gasteiger partial charge in [-0.3, -0.25) is 0 Å². The molecule has 0 aliphatic rings. The largest absolute Gasteiger partial charge is 0.500 e. The quantitative estimate of drug-likeness (QED) is 0.433. The van der Waals surface area contributed by atoms with Gasteiger partial charge in [-0.05, 0) is 12.3 Å². The molecule has 0 radical (unpaired) electrons. The minimum atomic E-state index is -2.28. The average molecular weight is 235 g/mol. The third kappa shape index (κ3) is 8.47. The van der Waals surface area contributed by atoms with E-state index in [-0.39, 0.29) is 0 Å². The first-order chi connectivity index (χ1) is 7.01. The van der Waals surface area contributed by atoms with Crippen LogP contribution < -0.4 is 0 Å². The fourth-order valence-electron chi connectivity index (χ4n) is 1.02. The van der Waals surface area contributed by atoms with Crippen molar-refractivity contribution in [2.75, 3.05) is 21.3 Å². The minimum Gasteiger partial charge on any atom is -0.377 e. The van der Waals surface area contributed by atoms with E-state index in [0.29, 0.717) is 5.92 Å². The molecule has 15 heavy (non-hydrogen) atoms. The van der Waals surface area contributed by atoms with E-state index in [1.807, 2.05) is 0 Å². The molecule has 0 aromatic rings. The second-order valence-corrected chi connectivity index (χ2v) is 6.42. The molecule has 0 amide bonds. The molecule has 6 heteroatoms. The number of hydrogen-bond acceptors (Lipinski definition) is 5. The molecular weight excluding hydrogens is 214 g/mol. The molecule has 0 saturated carbocycles. The van der Waals surface area contributed by atoms with E-state index in [4.69, 9.17) is 23.5 Å². The van der Waals surface area contributed by atoms with Crippen LogP contribution in [-0.4, -0.2) is 36.2 Å². The summed E-state index contributed by atoms with van der Waals surface area (Å²) < 4.78 is 15.8. The predicted molar refractivity (Wildman–Crippen MR) is 59.5 cm³/mol. The lowest BCUT2D eigenvalue weighted by molar-refractivity contribution is 0.121. The van der Waals surface area contributed by atoms with E-state index < -0.39 is 8.80 Å². The van der Waals surface area contributed by atoms with E-state index in [2.05, 4.69) is 13.8 Å². The summed E-state index contributed by atoms with van der Waals surface area (Å²) in [6, 6.07) is 0.897. The van der Waals surface area contributed by atoms with Gasteiger partial charge in [0.25, 0.3) is 0 Å². The highest BCUT2D eigenvalue weighted by atomic mass is 28.4. The molecule has 0 rings (SSSR count). The first-order valence-electron chi connectivity index (χ1n) is 4.71. The Morgan fingerprint density at radius 1 is 1.20 bits per heavy atom. The van der Waals surface area contributed by atoms with Crippen LogP contribution in [0.1, 0.15) is 20.3 Å². The van der Waals surface area contributed by atoms with Crippen LogP contribution in [0.4, 0.5) is 0 Å². The standard InChI is InChI=1S/C8H20O3Si.CHNO/c1-8(2)6-7-12(9-3,10-4)11-5;2-1-3/h8H,6-7H2,1-5H3;2H. The van der Waals surface area contributed by atoms with Gasteiger partial charge >= 0.3 is 8.80 Å². The predicted octanol–water partition coefficient (Wildman–Crippen LogP) is 1.81.